The summed E-state index contributed by atoms with van der Waals surface area (Å²) >= 11 is 0. The van der Waals surface area contributed by atoms with Gasteiger partial charge in [-0.15, -0.1) is 0 Å². The molecule has 2 saturated carbocycles. The van der Waals surface area contributed by atoms with E-state index in [1.54, 1.807) is 0 Å². The lowest BCUT2D eigenvalue weighted by atomic mass is 9.70. The second-order valence-electron chi connectivity index (χ2n) is 7.16. The molecule has 2 aliphatic rings. The van der Waals surface area contributed by atoms with Crippen LogP contribution in [0, 0.1) is 5.92 Å². The van der Waals surface area contributed by atoms with Crippen molar-refractivity contribution in [1.29, 1.82) is 0 Å². The quantitative estimate of drug-likeness (QED) is 0.567. The average Bonchev–Trinajstić information content (AvgIpc) is 2.71. The number of ether oxygens (including phenoxy) is 1. The summed E-state index contributed by atoms with van der Waals surface area (Å²) in [4.78, 5) is 20.6. The first-order chi connectivity index (χ1) is 13.8. The van der Waals surface area contributed by atoms with Crippen LogP contribution < -0.4 is 0 Å². The zero-order valence-corrected chi connectivity index (χ0v) is 16.3. The van der Waals surface area contributed by atoms with Crippen LogP contribution in [0.1, 0.15) is 56.4 Å². The number of carbonyl (C=O) groups excluding carboxylic acids is 1. The van der Waals surface area contributed by atoms with E-state index in [1.165, 1.54) is 24.8 Å². The maximum absolute atomic E-state index is 12.3. The first kappa shape index (κ1) is 21.7. The largest absolute Gasteiger partial charge is 0.483 e. The first-order valence-electron chi connectivity index (χ1n) is 10.1. The predicted molar refractivity (Wildman–Crippen MR) is 110 cm³/mol. The Balaban J connectivity index is 0.000000260. The zero-order valence-electron chi connectivity index (χ0n) is 16.3. The van der Waals surface area contributed by atoms with E-state index in [2.05, 4.69) is 24.3 Å². The predicted octanol–water partition coefficient (Wildman–Crippen LogP) is 5.44. The van der Waals surface area contributed by atoms with Crippen molar-refractivity contribution in [2.45, 2.75) is 57.0 Å². The second-order valence-corrected chi connectivity index (χ2v) is 7.16. The van der Waals surface area contributed by atoms with Crippen LogP contribution in [0.15, 0.2) is 66.7 Å². The fourth-order valence-corrected chi connectivity index (χ4v) is 3.70. The molecule has 2 atom stereocenters. The van der Waals surface area contributed by atoms with Crippen molar-refractivity contribution in [2.24, 2.45) is 5.92 Å². The molecule has 2 aromatic rings. The van der Waals surface area contributed by atoms with E-state index in [1.807, 2.05) is 42.5 Å². The molecule has 0 spiro atoms. The van der Waals surface area contributed by atoms with E-state index in [0.717, 1.165) is 25.7 Å². The van der Waals surface area contributed by atoms with Crippen molar-refractivity contribution in [3.63, 3.8) is 0 Å². The van der Waals surface area contributed by atoms with E-state index in [4.69, 9.17) is 14.6 Å². The standard InChI is InChI=1S/C17H22O2.C6H6.CH2O2/c18-17(19-14-9-5-2-6-10-14)16-12-11-15(16)13-7-3-1-4-8-13;1-2-4-6-5-3-1;2-1-3/h1,3-4,7-8,14-16H,2,5-6,9-12H2;1-6H;1H,(H,2,3). The summed E-state index contributed by atoms with van der Waals surface area (Å²) in [5.74, 6) is 0.536. The lowest BCUT2D eigenvalue weighted by Gasteiger charge is -2.36. The third-order valence-electron chi connectivity index (χ3n) is 5.31. The molecule has 2 aromatic carbocycles. The summed E-state index contributed by atoms with van der Waals surface area (Å²) in [7, 11) is 0. The maximum atomic E-state index is 12.3. The maximum Gasteiger partial charge on any atom is 0.309 e. The minimum atomic E-state index is -0.250. The Bertz CT molecular complexity index is 639. The molecule has 150 valence electrons. The van der Waals surface area contributed by atoms with Crippen molar-refractivity contribution in [3.05, 3.63) is 72.3 Å². The molecule has 0 bridgehead atoms. The van der Waals surface area contributed by atoms with E-state index in [0.29, 0.717) is 5.92 Å². The van der Waals surface area contributed by atoms with Gasteiger partial charge < -0.3 is 9.84 Å². The van der Waals surface area contributed by atoms with Crippen LogP contribution in [0.5, 0.6) is 0 Å². The molecule has 1 N–H and O–H groups in total. The number of benzene rings is 2. The molecule has 4 heteroatoms. The summed E-state index contributed by atoms with van der Waals surface area (Å²) < 4.78 is 5.71. The summed E-state index contributed by atoms with van der Waals surface area (Å²) in [6.07, 6.45) is 8.15. The van der Waals surface area contributed by atoms with Crippen LogP contribution in [-0.2, 0) is 14.3 Å². The van der Waals surface area contributed by atoms with Crippen LogP contribution in [0.4, 0.5) is 0 Å². The highest BCUT2D eigenvalue weighted by Crippen LogP contribution is 2.43. The molecule has 0 heterocycles. The minimum Gasteiger partial charge on any atom is -0.483 e. The van der Waals surface area contributed by atoms with Gasteiger partial charge in [-0.25, -0.2) is 0 Å². The van der Waals surface area contributed by atoms with Crippen molar-refractivity contribution >= 4 is 12.4 Å². The highest BCUT2D eigenvalue weighted by Gasteiger charge is 2.39. The van der Waals surface area contributed by atoms with Crippen molar-refractivity contribution < 1.29 is 19.4 Å². The third kappa shape index (κ3) is 7.18. The SMILES string of the molecule is O=C(OC1CCCCC1)C1CCC1c1ccccc1.O=CO.c1ccccc1. The van der Waals surface area contributed by atoms with Gasteiger partial charge in [0, 0.05) is 0 Å². The lowest BCUT2D eigenvalue weighted by Crippen LogP contribution is -2.35. The van der Waals surface area contributed by atoms with E-state index in [-0.39, 0.29) is 24.5 Å². The van der Waals surface area contributed by atoms with E-state index >= 15 is 0 Å². The minimum absolute atomic E-state index is 0.0482. The van der Waals surface area contributed by atoms with Crippen molar-refractivity contribution in [3.8, 4) is 0 Å². The van der Waals surface area contributed by atoms with Gasteiger partial charge in [0.05, 0.1) is 5.92 Å². The first-order valence-corrected chi connectivity index (χ1v) is 10.1. The fourth-order valence-electron chi connectivity index (χ4n) is 3.70. The van der Waals surface area contributed by atoms with Gasteiger partial charge in [0.2, 0.25) is 0 Å². The molecule has 2 aliphatic carbocycles. The van der Waals surface area contributed by atoms with Crippen LogP contribution in [0.3, 0.4) is 0 Å². The molecule has 4 rings (SSSR count). The van der Waals surface area contributed by atoms with Gasteiger partial charge in [-0.3, -0.25) is 9.59 Å². The molecule has 4 nitrogen and oxygen atoms in total. The van der Waals surface area contributed by atoms with Gasteiger partial charge in [0.15, 0.2) is 0 Å². The summed E-state index contributed by atoms with van der Waals surface area (Å²) in [6.45, 7) is -0.250. The Kier molecular flexibility index (Phi) is 9.84. The van der Waals surface area contributed by atoms with Gasteiger partial charge in [0.25, 0.3) is 6.47 Å². The van der Waals surface area contributed by atoms with Crippen LogP contribution >= 0.6 is 0 Å². The molecule has 28 heavy (non-hydrogen) atoms. The van der Waals surface area contributed by atoms with Gasteiger partial charge in [-0.05, 0) is 50.0 Å². The summed E-state index contributed by atoms with van der Waals surface area (Å²) in [6, 6.07) is 22.4. The van der Waals surface area contributed by atoms with Crippen LogP contribution in [0.2, 0.25) is 0 Å². The Morgan fingerprint density at radius 1 is 0.821 bits per heavy atom. The molecule has 0 aromatic heterocycles. The highest BCUT2D eigenvalue weighted by atomic mass is 16.5. The number of rotatable bonds is 3. The number of esters is 1. The van der Waals surface area contributed by atoms with Crippen molar-refractivity contribution in [2.75, 3.05) is 0 Å². The molecular formula is C24H30O4. The number of carboxylic acid groups (broad SMARTS) is 1. The smallest absolute Gasteiger partial charge is 0.309 e. The van der Waals surface area contributed by atoms with E-state index < -0.39 is 0 Å². The highest BCUT2D eigenvalue weighted by molar-refractivity contribution is 5.75. The average molecular weight is 383 g/mol. The monoisotopic (exact) mass is 382 g/mol. The topological polar surface area (TPSA) is 63.6 Å². The molecule has 2 fully saturated rings. The molecule has 0 aliphatic heterocycles. The normalized spacial score (nSPS) is 20.9. The molecule has 0 radical (unpaired) electrons. The van der Waals surface area contributed by atoms with Gasteiger partial charge in [-0.2, -0.15) is 0 Å². The Hall–Kier alpha value is -2.62. The second kappa shape index (κ2) is 12.7. The van der Waals surface area contributed by atoms with Crippen molar-refractivity contribution in [1.82, 2.24) is 0 Å². The number of hydrogen-bond donors (Lipinski definition) is 1. The molecule has 0 amide bonds. The third-order valence-corrected chi connectivity index (χ3v) is 5.31. The summed E-state index contributed by atoms with van der Waals surface area (Å²) in [5, 5.41) is 6.89. The van der Waals surface area contributed by atoms with Crippen LogP contribution in [0.25, 0.3) is 0 Å². The summed E-state index contributed by atoms with van der Waals surface area (Å²) in [5.41, 5.74) is 1.29. The molecular weight excluding hydrogens is 352 g/mol. The van der Waals surface area contributed by atoms with Gasteiger partial charge >= 0.3 is 5.97 Å². The van der Waals surface area contributed by atoms with Crippen LogP contribution in [-0.4, -0.2) is 23.7 Å². The molecule has 2 unspecified atom stereocenters. The lowest BCUT2D eigenvalue weighted by molar-refractivity contribution is -0.159. The number of hydrogen-bond acceptors (Lipinski definition) is 3. The van der Waals surface area contributed by atoms with Gasteiger partial charge in [-0.1, -0.05) is 73.2 Å². The fraction of sp³-hybridized carbons (Fsp3) is 0.417. The number of carbonyl (C=O) groups is 2. The Labute approximate surface area is 167 Å². The Morgan fingerprint density at radius 2 is 1.32 bits per heavy atom. The zero-order chi connectivity index (χ0) is 20.0. The molecule has 0 saturated heterocycles. The van der Waals surface area contributed by atoms with E-state index in [9.17, 15) is 4.79 Å². The van der Waals surface area contributed by atoms with Gasteiger partial charge in [0.1, 0.15) is 6.10 Å². The Morgan fingerprint density at radius 3 is 1.79 bits per heavy atom.